The van der Waals surface area contributed by atoms with Crippen LogP contribution in [0, 0.1) is 0 Å². The van der Waals surface area contributed by atoms with E-state index in [-0.39, 0.29) is 11.7 Å². The van der Waals surface area contributed by atoms with E-state index in [4.69, 9.17) is 38.0 Å². The zero-order chi connectivity index (χ0) is 21.9. The lowest BCUT2D eigenvalue weighted by molar-refractivity contribution is -0.123. The molecule has 0 aliphatic heterocycles. The number of hydrogen-bond donors (Lipinski definition) is 3. The molecule has 0 spiro atoms. The summed E-state index contributed by atoms with van der Waals surface area (Å²) < 4.78 is 16.3. The number of amides is 2. The minimum absolute atomic E-state index is 0.0728. The van der Waals surface area contributed by atoms with Crippen molar-refractivity contribution >= 4 is 56.7 Å². The largest absolute Gasteiger partial charge is 0.490 e. The Bertz CT molecular complexity index is 898. The molecular weight excluding hydrogens is 498 g/mol. The lowest BCUT2D eigenvalue weighted by Crippen LogP contribution is -2.49. The number of nitrogens with one attached hydrogen (secondary N) is 3. The van der Waals surface area contributed by atoms with Crippen molar-refractivity contribution in [3.63, 3.8) is 0 Å². The van der Waals surface area contributed by atoms with Crippen LogP contribution in [0.1, 0.15) is 10.4 Å². The fourth-order valence-corrected chi connectivity index (χ4v) is 2.81. The number of thiocarbonyl (C=S) groups is 1. The van der Waals surface area contributed by atoms with Gasteiger partial charge in [-0.15, -0.1) is 0 Å². The molecule has 2 aromatic rings. The Hall–Kier alpha value is -2.40. The molecule has 0 aliphatic carbocycles. The molecule has 0 aromatic heterocycles. The van der Waals surface area contributed by atoms with E-state index in [0.717, 1.165) is 0 Å². The fourth-order valence-electron chi connectivity index (χ4n) is 2.04. The maximum Gasteiger partial charge on any atom is 0.276 e. The lowest BCUT2D eigenvalue weighted by Gasteiger charge is -2.12. The van der Waals surface area contributed by atoms with E-state index >= 15 is 0 Å². The normalized spacial score (nSPS) is 10.1. The predicted molar refractivity (Wildman–Crippen MR) is 120 cm³/mol. The topological polar surface area (TPSA) is 97.9 Å². The SMILES string of the molecule is COCCOc1ccc(C(=O)NC(=S)NNC(=O)COc2ccc(Cl)cc2)cc1Br. The first-order chi connectivity index (χ1) is 14.4. The Morgan fingerprint density at radius 2 is 1.80 bits per heavy atom. The summed E-state index contributed by atoms with van der Waals surface area (Å²) in [5.41, 5.74) is 5.12. The average Bonchev–Trinajstić information content (AvgIpc) is 2.73. The van der Waals surface area contributed by atoms with Gasteiger partial charge in [-0.1, -0.05) is 11.6 Å². The molecule has 8 nitrogen and oxygen atoms in total. The molecule has 0 bridgehead atoms. The predicted octanol–water partition coefficient (Wildman–Crippen LogP) is 2.84. The van der Waals surface area contributed by atoms with Crippen LogP contribution >= 0.6 is 39.7 Å². The van der Waals surface area contributed by atoms with Crippen LogP contribution in [0.15, 0.2) is 46.9 Å². The molecule has 0 saturated carbocycles. The van der Waals surface area contributed by atoms with Gasteiger partial charge in [0, 0.05) is 17.7 Å². The van der Waals surface area contributed by atoms with Crippen LogP contribution in [0.2, 0.25) is 5.02 Å². The van der Waals surface area contributed by atoms with E-state index in [1.54, 1.807) is 49.6 Å². The third-order valence-corrected chi connectivity index (χ3v) is 4.54. The Balaban J connectivity index is 1.75. The second kappa shape index (κ2) is 12.3. The molecule has 11 heteroatoms. The number of methoxy groups -OCH3 is 1. The van der Waals surface area contributed by atoms with E-state index in [0.29, 0.717) is 39.8 Å². The van der Waals surface area contributed by atoms with Crippen molar-refractivity contribution in [3.05, 3.63) is 57.5 Å². The molecule has 0 atom stereocenters. The zero-order valence-corrected chi connectivity index (χ0v) is 19.0. The summed E-state index contributed by atoms with van der Waals surface area (Å²) in [5.74, 6) is 0.132. The van der Waals surface area contributed by atoms with Gasteiger partial charge in [0.1, 0.15) is 18.1 Å². The van der Waals surface area contributed by atoms with Gasteiger partial charge in [-0.2, -0.15) is 0 Å². The standard InChI is InChI=1S/C19H19BrClN3O5S/c1-27-8-9-28-16-7-2-12(10-15(16)20)18(26)22-19(30)24-23-17(25)11-29-14-5-3-13(21)4-6-14/h2-7,10H,8-9,11H2,1H3,(H,23,25)(H2,22,24,26,30). The van der Waals surface area contributed by atoms with Gasteiger partial charge in [-0.3, -0.25) is 25.8 Å². The number of benzene rings is 2. The molecule has 2 aromatic carbocycles. The fraction of sp³-hybridized carbons (Fsp3) is 0.211. The van der Waals surface area contributed by atoms with Gasteiger partial charge in [0.2, 0.25) is 0 Å². The van der Waals surface area contributed by atoms with E-state index in [1.807, 2.05) is 0 Å². The van der Waals surface area contributed by atoms with Gasteiger partial charge in [0.05, 0.1) is 11.1 Å². The molecular formula is C19H19BrClN3O5S. The molecule has 0 saturated heterocycles. The van der Waals surface area contributed by atoms with Gasteiger partial charge in [0.25, 0.3) is 11.8 Å². The average molecular weight is 517 g/mol. The van der Waals surface area contributed by atoms with Gasteiger partial charge in [-0.05, 0) is 70.6 Å². The van der Waals surface area contributed by atoms with Crippen LogP contribution < -0.4 is 25.6 Å². The quantitative estimate of drug-likeness (QED) is 0.282. The van der Waals surface area contributed by atoms with Gasteiger partial charge < -0.3 is 14.2 Å². The molecule has 0 unspecified atom stereocenters. The van der Waals surface area contributed by atoms with Gasteiger partial charge in [0.15, 0.2) is 11.7 Å². The molecule has 0 fully saturated rings. The molecule has 30 heavy (non-hydrogen) atoms. The maximum atomic E-state index is 12.3. The second-order valence-electron chi connectivity index (χ2n) is 5.69. The van der Waals surface area contributed by atoms with Crippen LogP contribution in [-0.4, -0.2) is 43.9 Å². The summed E-state index contributed by atoms with van der Waals surface area (Å²) in [5, 5.41) is 2.95. The second-order valence-corrected chi connectivity index (χ2v) is 7.38. The number of carbonyl (C=O) groups is 2. The monoisotopic (exact) mass is 515 g/mol. The molecule has 2 amide bonds. The minimum atomic E-state index is -0.484. The van der Waals surface area contributed by atoms with Crippen molar-refractivity contribution in [2.75, 3.05) is 26.9 Å². The number of ether oxygens (including phenoxy) is 3. The lowest BCUT2D eigenvalue weighted by atomic mass is 10.2. The van der Waals surface area contributed by atoms with E-state index in [1.165, 1.54) is 0 Å². The van der Waals surface area contributed by atoms with E-state index < -0.39 is 11.8 Å². The van der Waals surface area contributed by atoms with Crippen LogP contribution in [0.3, 0.4) is 0 Å². The summed E-state index contributed by atoms with van der Waals surface area (Å²) in [6, 6.07) is 11.4. The molecule has 160 valence electrons. The van der Waals surface area contributed by atoms with Crippen LogP contribution in [-0.2, 0) is 9.53 Å². The Morgan fingerprint density at radius 3 is 2.47 bits per heavy atom. The highest BCUT2D eigenvalue weighted by Gasteiger charge is 2.12. The van der Waals surface area contributed by atoms with Crippen LogP contribution in [0.25, 0.3) is 0 Å². The number of halogens is 2. The highest BCUT2D eigenvalue weighted by Crippen LogP contribution is 2.26. The maximum absolute atomic E-state index is 12.3. The van der Waals surface area contributed by atoms with Crippen molar-refractivity contribution in [1.29, 1.82) is 0 Å². The number of hydrogen-bond acceptors (Lipinski definition) is 6. The van der Waals surface area contributed by atoms with Crippen LogP contribution in [0.4, 0.5) is 0 Å². The molecule has 0 radical (unpaired) electrons. The zero-order valence-electron chi connectivity index (χ0n) is 15.9. The Morgan fingerprint density at radius 1 is 1.07 bits per heavy atom. The van der Waals surface area contributed by atoms with Gasteiger partial charge in [-0.25, -0.2) is 0 Å². The highest BCUT2D eigenvalue weighted by atomic mass is 79.9. The first-order valence-corrected chi connectivity index (χ1v) is 10.2. The number of hydrazine groups is 1. The van der Waals surface area contributed by atoms with Crippen molar-refractivity contribution in [3.8, 4) is 11.5 Å². The van der Waals surface area contributed by atoms with Crippen molar-refractivity contribution < 1.29 is 23.8 Å². The van der Waals surface area contributed by atoms with E-state index in [2.05, 4.69) is 32.1 Å². The third-order valence-electron chi connectivity index (χ3n) is 3.47. The molecule has 2 rings (SSSR count). The van der Waals surface area contributed by atoms with Crippen molar-refractivity contribution in [2.24, 2.45) is 0 Å². The van der Waals surface area contributed by atoms with Crippen LogP contribution in [0.5, 0.6) is 11.5 Å². The van der Waals surface area contributed by atoms with Crippen molar-refractivity contribution in [2.45, 2.75) is 0 Å². The molecule has 3 N–H and O–H groups in total. The number of rotatable bonds is 8. The smallest absolute Gasteiger partial charge is 0.276 e. The molecule has 0 aliphatic rings. The minimum Gasteiger partial charge on any atom is -0.490 e. The summed E-state index contributed by atoms with van der Waals surface area (Å²) in [6.45, 7) is 0.587. The Kier molecular flexibility index (Phi) is 9.81. The summed E-state index contributed by atoms with van der Waals surface area (Å²) in [6.07, 6.45) is 0. The summed E-state index contributed by atoms with van der Waals surface area (Å²) in [7, 11) is 1.58. The third kappa shape index (κ3) is 8.15. The summed E-state index contributed by atoms with van der Waals surface area (Å²) >= 11 is 14.1. The van der Waals surface area contributed by atoms with Crippen molar-refractivity contribution in [1.82, 2.24) is 16.2 Å². The Labute approximate surface area is 192 Å². The molecule has 0 heterocycles. The first-order valence-electron chi connectivity index (χ1n) is 8.59. The number of carbonyl (C=O) groups excluding carboxylic acids is 2. The summed E-state index contributed by atoms with van der Waals surface area (Å²) in [4.78, 5) is 24.1. The van der Waals surface area contributed by atoms with E-state index in [9.17, 15) is 9.59 Å². The first kappa shape index (κ1) is 23.9. The van der Waals surface area contributed by atoms with Gasteiger partial charge >= 0.3 is 0 Å². The highest BCUT2D eigenvalue weighted by molar-refractivity contribution is 9.10.